The van der Waals surface area contributed by atoms with Crippen LogP contribution in [-0.2, 0) is 16.1 Å². The molecule has 6 nitrogen and oxygen atoms in total. The Hall–Kier alpha value is -1.60. The third-order valence-corrected chi connectivity index (χ3v) is 4.52. The van der Waals surface area contributed by atoms with Gasteiger partial charge in [0.2, 0.25) is 5.91 Å². The van der Waals surface area contributed by atoms with Crippen molar-refractivity contribution in [3.63, 3.8) is 0 Å². The van der Waals surface area contributed by atoms with Crippen molar-refractivity contribution in [1.29, 1.82) is 0 Å². The first-order valence-electron chi connectivity index (χ1n) is 8.33. The molecule has 0 spiro atoms. The van der Waals surface area contributed by atoms with E-state index in [4.69, 9.17) is 4.74 Å². The summed E-state index contributed by atoms with van der Waals surface area (Å²) >= 11 is 1.64. The Bertz CT molecular complexity index is 540. The van der Waals surface area contributed by atoms with Crippen molar-refractivity contribution in [3.05, 3.63) is 22.4 Å². The van der Waals surface area contributed by atoms with Gasteiger partial charge in [0.15, 0.2) is 0 Å². The number of hydrogen-bond donors (Lipinski definition) is 1. The molecule has 0 saturated carbocycles. The van der Waals surface area contributed by atoms with Crippen LogP contribution in [0, 0.1) is 0 Å². The summed E-state index contributed by atoms with van der Waals surface area (Å²) in [6.45, 7) is 9.31. The molecule has 1 aromatic heterocycles. The SMILES string of the molecule is CC(C)(C)OC(=O)N1CCCN(CC(=O)NCc2cccs2)CC1. The third kappa shape index (κ3) is 6.49. The lowest BCUT2D eigenvalue weighted by atomic mass is 10.2. The first-order chi connectivity index (χ1) is 11.3. The number of amides is 2. The van der Waals surface area contributed by atoms with Crippen molar-refractivity contribution in [1.82, 2.24) is 15.1 Å². The van der Waals surface area contributed by atoms with Crippen LogP contribution < -0.4 is 5.32 Å². The van der Waals surface area contributed by atoms with Crippen molar-refractivity contribution in [2.24, 2.45) is 0 Å². The van der Waals surface area contributed by atoms with E-state index in [1.807, 2.05) is 38.3 Å². The molecule has 0 aromatic carbocycles. The minimum Gasteiger partial charge on any atom is -0.444 e. The van der Waals surface area contributed by atoms with E-state index in [1.54, 1.807) is 16.2 Å². The van der Waals surface area contributed by atoms with Crippen LogP contribution in [0.2, 0.25) is 0 Å². The number of thiophene rings is 1. The Labute approximate surface area is 147 Å². The Balaban J connectivity index is 1.74. The standard InChI is InChI=1S/C17H27N3O3S/c1-17(2,3)23-16(22)20-8-5-7-19(9-10-20)13-15(21)18-12-14-6-4-11-24-14/h4,6,11H,5,7-10,12-13H2,1-3H3,(H,18,21). The molecule has 1 saturated heterocycles. The molecule has 7 heteroatoms. The van der Waals surface area contributed by atoms with Crippen molar-refractivity contribution in [2.45, 2.75) is 39.3 Å². The Morgan fingerprint density at radius 2 is 2.04 bits per heavy atom. The van der Waals surface area contributed by atoms with Gasteiger partial charge in [-0.15, -0.1) is 11.3 Å². The van der Waals surface area contributed by atoms with Gasteiger partial charge in [-0.3, -0.25) is 9.69 Å². The van der Waals surface area contributed by atoms with Gasteiger partial charge in [0.05, 0.1) is 13.1 Å². The molecule has 2 amide bonds. The number of nitrogens with one attached hydrogen (secondary N) is 1. The molecule has 1 fully saturated rings. The maximum atomic E-state index is 12.1. The quantitative estimate of drug-likeness (QED) is 0.902. The summed E-state index contributed by atoms with van der Waals surface area (Å²) in [6.07, 6.45) is 0.573. The van der Waals surface area contributed by atoms with E-state index in [9.17, 15) is 9.59 Å². The van der Waals surface area contributed by atoms with Crippen LogP contribution in [0.4, 0.5) is 4.79 Å². The molecule has 0 bridgehead atoms. The fraction of sp³-hybridized carbons (Fsp3) is 0.647. The van der Waals surface area contributed by atoms with E-state index < -0.39 is 5.60 Å². The van der Waals surface area contributed by atoms with Gasteiger partial charge in [-0.05, 0) is 38.6 Å². The predicted octanol–water partition coefficient (Wildman–Crippen LogP) is 2.31. The van der Waals surface area contributed by atoms with Gasteiger partial charge in [0, 0.05) is 31.1 Å². The fourth-order valence-corrected chi connectivity index (χ4v) is 3.14. The summed E-state index contributed by atoms with van der Waals surface area (Å²) in [5.74, 6) is 0.0223. The summed E-state index contributed by atoms with van der Waals surface area (Å²) < 4.78 is 5.42. The average molecular weight is 353 g/mol. The minimum atomic E-state index is -0.481. The smallest absolute Gasteiger partial charge is 0.410 e. The summed E-state index contributed by atoms with van der Waals surface area (Å²) in [7, 11) is 0. The first kappa shape index (κ1) is 18.7. The zero-order valence-electron chi connectivity index (χ0n) is 14.7. The van der Waals surface area contributed by atoms with Crippen LogP contribution in [0.5, 0.6) is 0 Å². The summed E-state index contributed by atoms with van der Waals surface area (Å²) in [5, 5.41) is 4.94. The Morgan fingerprint density at radius 3 is 2.71 bits per heavy atom. The van der Waals surface area contributed by atoms with Crippen molar-refractivity contribution >= 4 is 23.3 Å². The van der Waals surface area contributed by atoms with Gasteiger partial charge in [0.1, 0.15) is 5.60 Å². The van der Waals surface area contributed by atoms with E-state index >= 15 is 0 Å². The maximum Gasteiger partial charge on any atom is 0.410 e. The molecular weight excluding hydrogens is 326 g/mol. The molecule has 0 aliphatic carbocycles. The molecular formula is C17H27N3O3S. The van der Waals surface area contributed by atoms with Gasteiger partial charge >= 0.3 is 6.09 Å². The zero-order chi connectivity index (χ0) is 17.6. The lowest BCUT2D eigenvalue weighted by Crippen LogP contribution is -2.41. The minimum absolute atomic E-state index is 0.0223. The molecule has 0 radical (unpaired) electrons. The molecule has 2 rings (SSSR count). The van der Waals surface area contributed by atoms with Crippen LogP contribution >= 0.6 is 11.3 Å². The summed E-state index contributed by atoms with van der Waals surface area (Å²) in [4.78, 5) is 29.2. The van der Waals surface area contributed by atoms with Gasteiger partial charge in [-0.25, -0.2) is 4.79 Å². The van der Waals surface area contributed by atoms with Crippen LogP contribution in [0.25, 0.3) is 0 Å². The molecule has 1 aliphatic rings. The fourth-order valence-electron chi connectivity index (χ4n) is 2.50. The first-order valence-corrected chi connectivity index (χ1v) is 9.21. The molecule has 0 atom stereocenters. The van der Waals surface area contributed by atoms with Gasteiger partial charge in [-0.2, -0.15) is 0 Å². The number of hydrogen-bond acceptors (Lipinski definition) is 5. The second kappa shape index (κ2) is 8.48. The van der Waals surface area contributed by atoms with E-state index in [0.717, 1.165) is 17.8 Å². The average Bonchev–Trinajstić information content (AvgIpc) is 2.89. The zero-order valence-corrected chi connectivity index (χ0v) is 15.5. The van der Waals surface area contributed by atoms with E-state index in [2.05, 4.69) is 10.2 Å². The topological polar surface area (TPSA) is 61.9 Å². The highest BCUT2D eigenvalue weighted by Gasteiger charge is 2.24. The highest BCUT2D eigenvalue weighted by molar-refractivity contribution is 7.09. The van der Waals surface area contributed by atoms with E-state index in [0.29, 0.717) is 32.7 Å². The Morgan fingerprint density at radius 1 is 1.25 bits per heavy atom. The normalized spacial score (nSPS) is 16.5. The second-order valence-corrected chi connectivity index (χ2v) is 7.99. The molecule has 1 aliphatic heterocycles. The highest BCUT2D eigenvalue weighted by atomic mass is 32.1. The van der Waals surface area contributed by atoms with Crippen LogP contribution in [0.1, 0.15) is 32.1 Å². The van der Waals surface area contributed by atoms with Gasteiger partial charge < -0.3 is 15.0 Å². The number of nitrogens with zero attached hydrogens (tertiary/aromatic N) is 2. The van der Waals surface area contributed by atoms with E-state index in [1.165, 1.54) is 0 Å². The van der Waals surface area contributed by atoms with Crippen molar-refractivity contribution in [2.75, 3.05) is 32.7 Å². The van der Waals surface area contributed by atoms with Crippen molar-refractivity contribution in [3.8, 4) is 0 Å². The van der Waals surface area contributed by atoms with Crippen LogP contribution in [-0.4, -0.2) is 60.1 Å². The molecule has 2 heterocycles. The summed E-state index contributed by atoms with van der Waals surface area (Å²) in [6, 6.07) is 3.99. The van der Waals surface area contributed by atoms with Gasteiger partial charge in [-0.1, -0.05) is 6.07 Å². The number of rotatable bonds is 4. The monoisotopic (exact) mass is 353 g/mol. The second-order valence-electron chi connectivity index (χ2n) is 6.95. The largest absolute Gasteiger partial charge is 0.444 e. The number of carbonyl (C=O) groups is 2. The predicted molar refractivity (Wildman–Crippen MR) is 95.0 cm³/mol. The van der Waals surface area contributed by atoms with E-state index in [-0.39, 0.29) is 12.0 Å². The molecule has 134 valence electrons. The number of carbonyl (C=O) groups excluding carboxylic acids is 2. The highest BCUT2D eigenvalue weighted by Crippen LogP contribution is 2.12. The lowest BCUT2D eigenvalue weighted by molar-refractivity contribution is -0.122. The van der Waals surface area contributed by atoms with Gasteiger partial charge in [0.25, 0.3) is 0 Å². The van der Waals surface area contributed by atoms with Crippen LogP contribution in [0.3, 0.4) is 0 Å². The third-order valence-electron chi connectivity index (χ3n) is 3.65. The molecule has 24 heavy (non-hydrogen) atoms. The Kier molecular flexibility index (Phi) is 6.62. The van der Waals surface area contributed by atoms with Crippen LogP contribution in [0.15, 0.2) is 17.5 Å². The van der Waals surface area contributed by atoms with Crippen molar-refractivity contribution < 1.29 is 14.3 Å². The maximum absolute atomic E-state index is 12.1. The molecule has 1 N–H and O–H groups in total. The molecule has 1 aromatic rings. The summed E-state index contributed by atoms with van der Waals surface area (Å²) in [5.41, 5.74) is -0.481. The number of ether oxygens (including phenoxy) is 1. The molecule has 0 unspecified atom stereocenters. The lowest BCUT2D eigenvalue weighted by Gasteiger charge is -2.26.